The third kappa shape index (κ3) is 7.45. The average Bonchev–Trinajstić information content (AvgIpc) is 2.87. The van der Waals surface area contributed by atoms with Gasteiger partial charge in [-0.25, -0.2) is 4.79 Å². The van der Waals surface area contributed by atoms with Crippen molar-refractivity contribution in [2.24, 2.45) is 11.8 Å². The van der Waals surface area contributed by atoms with E-state index >= 15 is 0 Å². The highest BCUT2D eigenvalue weighted by Gasteiger charge is 2.23. The van der Waals surface area contributed by atoms with Gasteiger partial charge in [-0.3, -0.25) is 0 Å². The van der Waals surface area contributed by atoms with Gasteiger partial charge in [0.2, 0.25) is 0 Å². The summed E-state index contributed by atoms with van der Waals surface area (Å²) in [7, 11) is 0. The van der Waals surface area contributed by atoms with Crippen LogP contribution in [0.4, 0.5) is 0 Å². The molecule has 3 nitrogen and oxygen atoms in total. The van der Waals surface area contributed by atoms with Crippen molar-refractivity contribution in [1.82, 2.24) is 0 Å². The highest BCUT2D eigenvalue weighted by molar-refractivity contribution is 5.91. The van der Waals surface area contributed by atoms with Crippen LogP contribution in [0.15, 0.2) is 42.5 Å². The Hall–Kier alpha value is -2.60. The number of nitriles is 1. The van der Waals surface area contributed by atoms with Crippen LogP contribution < -0.4 is 4.74 Å². The summed E-state index contributed by atoms with van der Waals surface area (Å²) in [5, 5.41) is 9.56. The minimum Gasteiger partial charge on any atom is -0.422 e. The molecule has 1 unspecified atom stereocenters. The summed E-state index contributed by atoms with van der Waals surface area (Å²) >= 11 is 0. The molecule has 0 radical (unpaired) electrons. The van der Waals surface area contributed by atoms with Crippen molar-refractivity contribution in [3.8, 4) is 11.8 Å². The molecule has 0 aliphatic heterocycles. The quantitative estimate of drug-likeness (QED) is 0.192. The molecule has 0 aromatic heterocycles. The molecule has 1 fully saturated rings. The number of esters is 1. The average molecular weight is 460 g/mol. The number of hydrogen-bond donors (Lipinski definition) is 0. The van der Waals surface area contributed by atoms with Crippen LogP contribution >= 0.6 is 0 Å². The summed E-state index contributed by atoms with van der Waals surface area (Å²) in [4.78, 5) is 12.7. The predicted molar refractivity (Wildman–Crippen MR) is 139 cm³/mol. The first-order valence-electron chi connectivity index (χ1n) is 13.4. The lowest BCUT2D eigenvalue weighted by Gasteiger charge is -2.30. The topological polar surface area (TPSA) is 50.1 Å². The molecule has 3 heteroatoms. The number of hydrogen-bond acceptors (Lipinski definition) is 3. The fourth-order valence-electron chi connectivity index (χ4n) is 5.18. The summed E-state index contributed by atoms with van der Waals surface area (Å²) in [6.45, 7) is 6.85. The van der Waals surface area contributed by atoms with E-state index in [-0.39, 0.29) is 0 Å². The highest BCUT2D eigenvalue weighted by atomic mass is 16.5. The zero-order valence-electron chi connectivity index (χ0n) is 21.3. The van der Waals surface area contributed by atoms with Gasteiger partial charge in [-0.2, -0.15) is 5.26 Å². The van der Waals surface area contributed by atoms with Crippen molar-refractivity contribution < 1.29 is 9.53 Å². The van der Waals surface area contributed by atoms with Crippen LogP contribution in [-0.2, 0) is 6.42 Å². The number of ether oxygens (including phenoxy) is 1. The summed E-state index contributed by atoms with van der Waals surface area (Å²) in [6, 6.07) is 15.7. The van der Waals surface area contributed by atoms with Crippen molar-refractivity contribution in [1.29, 1.82) is 5.26 Å². The first-order chi connectivity index (χ1) is 16.5. The molecule has 1 saturated carbocycles. The van der Waals surface area contributed by atoms with Crippen LogP contribution in [0.5, 0.6) is 5.75 Å². The second kappa shape index (κ2) is 13.3. The van der Waals surface area contributed by atoms with Crippen molar-refractivity contribution >= 4 is 5.97 Å². The molecular weight excluding hydrogens is 418 g/mol. The largest absolute Gasteiger partial charge is 0.422 e. The monoisotopic (exact) mass is 459 g/mol. The molecule has 0 bridgehead atoms. The number of aryl methyl sites for hydroxylation is 1. The van der Waals surface area contributed by atoms with Gasteiger partial charge in [-0.05, 0) is 98.1 Å². The zero-order chi connectivity index (χ0) is 24.3. The maximum absolute atomic E-state index is 12.7. The van der Waals surface area contributed by atoms with Gasteiger partial charge in [-0.15, -0.1) is 0 Å². The molecule has 1 atom stereocenters. The highest BCUT2D eigenvalue weighted by Crippen LogP contribution is 2.38. The van der Waals surface area contributed by atoms with Gasteiger partial charge in [0.25, 0.3) is 0 Å². The van der Waals surface area contributed by atoms with E-state index < -0.39 is 5.97 Å². The number of carbonyl (C=O) groups excluding carboxylic acids is 1. The van der Waals surface area contributed by atoms with Gasteiger partial charge in [0.1, 0.15) is 11.8 Å². The van der Waals surface area contributed by atoms with E-state index in [0.717, 1.165) is 30.2 Å². The Morgan fingerprint density at radius 1 is 1.03 bits per heavy atom. The number of rotatable bonds is 11. The fraction of sp³-hybridized carbons (Fsp3) is 0.548. The van der Waals surface area contributed by atoms with E-state index in [4.69, 9.17) is 4.74 Å². The van der Waals surface area contributed by atoms with E-state index in [1.54, 1.807) is 6.07 Å². The van der Waals surface area contributed by atoms with Crippen molar-refractivity contribution in [3.63, 3.8) is 0 Å². The molecule has 0 saturated heterocycles. The van der Waals surface area contributed by atoms with E-state index in [9.17, 15) is 10.1 Å². The molecule has 0 heterocycles. The predicted octanol–water partition coefficient (Wildman–Crippen LogP) is 8.61. The number of benzene rings is 2. The Kier molecular flexibility index (Phi) is 10.2. The Labute approximate surface area is 206 Å². The molecule has 182 valence electrons. The van der Waals surface area contributed by atoms with E-state index in [2.05, 4.69) is 39.0 Å². The van der Waals surface area contributed by atoms with Gasteiger partial charge >= 0.3 is 5.97 Å². The summed E-state index contributed by atoms with van der Waals surface area (Å²) in [6.07, 6.45) is 13.4. The minimum atomic E-state index is -0.406. The van der Waals surface area contributed by atoms with E-state index in [0.29, 0.717) is 22.8 Å². The van der Waals surface area contributed by atoms with Crippen molar-refractivity contribution in [3.05, 3.63) is 64.7 Å². The zero-order valence-corrected chi connectivity index (χ0v) is 21.3. The first-order valence-corrected chi connectivity index (χ1v) is 13.4. The number of carbonyl (C=O) groups is 1. The summed E-state index contributed by atoms with van der Waals surface area (Å²) < 4.78 is 5.61. The lowest BCUT2D eigenvalue weighted by molar-refractivity contribution is 0.0734. The maximum atomic E-state index is 12.7. The number of nitrogens with zero attached hydrogens (tertiary/aromatic N) is 1. The van der Waals surface area contributed by atoms with Crippen LogP contribution in [0.2, 0.25) is 0 Å². The molecule has 34 heavy (non-hydrogen) atoms. The third-order valence-corrected chi connectivity index (χ3v) is 7.58. The van der Waals surface area contributed by atoms with Gasteiger partial charge < -0.3 is 4.74 Å². The molecule has 0 spiro atoms. The molecule has 1 aliphatic carbocycles. The van der Waals surface area contributed by atoms with Crippen LogP contribution in [-0.4, -0.2) is 5.97 Å². The molecule has 3 rings (SSSR count). The molecule has 2 aromatic rings. The Morgan fingerprint density at radius 3 is 2.41 bits per heavy atom. The van der Waals surface area contributed by atoms with Gasteiger partial charge in [0.05, 0.1) is 11.1 Å². The number of unbranched alkanes of at least 4 members (excludes halogenated alkanes) is 3. The molecule has 0 amide bonds. The van der Waals surface area contributed by atoms with Gasteiger partial charge in [0, 0.05) is 0 Å². The van der Waals surface area contributed by atoms with Crippen LogP contribution in [0.3, 0.4) is 0 Å². The van der Waals surface area contributed by atoms with Gasteiger partial charge in [-0.1, -0.05) is 64.7 Å². The Balaban J connectivity index is 1.55. The van der Waals surface area contributed by atoms with Crippen LogP contribution in [0.25, 0.3) is 0 Å². The van der Waals surface area contributed by atoms with Crippen LogP contribution in [0.1, 0.15) is 118 Å². The molecular formula is C31H41NO2. The third-order valence-electron chi connectivity index (χ3n) is 7.58. The minimum absolute atomic E-state index is 0.341. The van der Waals surface area contributed by atoms with Crippen LogP contribution in [0, 0.1) is 23.2 Å². The Morgan fingerprint density at radius 2 is 1.76 bits per heavy atom. The van der Waals surface area contributed by atoms with Gasteiger partial charge in [0.15, 0.2) is 0 Å². The van der Waals surface area contributed by atoms with Crippen molar-refractivity contribution in [2.75, 3.05) is 0 Å². The summed E-state index contributed by atoms with van der Waals surface area (Å²) in [5.41, 5.74) is 3.40. The normalized spacial score (nSPS) is 18.8. The lowest BCUT2D eigenvalue weighted by Crippen LogP contribution is -2.16. The first kappa shape index (κ1) is 26.0. The second-order valence-electron chi connectivity index (χ2n) is 10.2. The standard InChI is InChI=1S/C31H41NO2/c1-4-6-7-8-9-24-12-19-30(29(21-24)22-32)34-31(33)28-17-15-27(16-18-28)26-13-10-25(11-14-26)20-23(3)5-2/h12,15-19,21,23,25-26H,4-11,13-14,20H2,1-3H3. The molecule has 1 aliphatic rings. The second-order valence-corrected chi connectivity index (χ2v) is 10.2. The molecule has 0 N–H and O–H groups in total. The SMILES string of the molecule is CCCCCCc1ccc(OC(=O)c2ccc(C3CCC(CC(C)CC)CC3)cc2)c(C#N)c1. The lowest BCUT2D eigenvalue weighted by atomic mass is 9.75. The fourth-order valence-corrected chi connectivity index (χ4v) is 5.18. The van der Waals surface area contributed by atoms with E-state index in [1.807, 2.05) is 24.3 Å². The maximum Gasteiger partial charge on any atom is 0.343 e. The van der Waals surface area contributed by atoms with Crippen molar-refractivity contribution in [2.45, 2.75) is 97.3 Å². The summed E-state index contributed by atoms with van der Waals surface area (Å²) in [5.74, 6) is 2.23. The molecule has 2 aromatic carbocycles. The smallest absolute Gasteiger partial charge is 0.343 e. The Bertz CT molecular complexity index is 948. The van der Waals surface area contributed by atoms with E-state index in [1.165, 1.54) is 63.4 Å².